The number of rotatable bonds is 9. The first-order valence-electron chi connectivity index (χ1n) is 10.6. The summed E-state index contributed by atoms with van der Waals surface area (Å²) in [5, 5.41) is 0. The highest BCUT2D eigenvalue weighted by atomic mass is 32.2. The first-order chi connectivity index (χ1) is 15.7. The maximum absolute atomic E-state index is 13.3. The molecule has 33 heavy (non-hydrogen) atoms. The minimum absolute atomic E-state index is 0.0167. The highest BCUT2D eigenvalue weighted by molar-refractivity contribution is 7.86. The second-order valence-electron chi connectivity index (χ2n) is 8.18. The summed E-state index contributed by atoms with van der Waals surface area (Å²) >= 11 is 0. The van der Waals surface area contributed by atoms with Crippen LogP contribution in [0, 0.1) is 5.41 Å². The van der Waals surface area contributed by atoms with Gasteiger partial charge < -0.3 is 4.74 Å². The van der Waals surface area contributed by atoms with Crippen LogP contribution < -0.4 is 0 Å². The van der Waals surface area contributed by atoms with Gasteiger partial charge >= 0.3 is 5.97 Å². The van der Waals surface area contributed by atoms with Crippen molar-refractivity contribution in [3.8, 4) is 0 Å². The fraction of sp³-hybridized carbons (Fsp3) is 0.320. The lowest BCUT2D eigenvalue weighted by molar-refractivity contribution is -0.161. The quantitative estimate of drug-likeness (QED) is 0.236. The van der Waals surface area contributed by atoms with Crippen molar-refractivity contribution >= 4 is 33.7 Å². The molecule has 1 saturated carbocycles. The van der Waals surface area contributed by atoms with E-state index in [0.29, 0.717) is 19.3 Å². The average Bonchev–Trinajstić information content (AvgIpc) is 2.82. The molecule has 7 nitrogen and oxygen atoms in total. The molecule has 1 fully saturated rings. The van der Waals surface area contributed by atoms with E-state index in [1.54, 1.807) is 36.4 Å². The van der Waals surface area contributed by atoms with Crippen LogP contribution in [0.3, 0.4) is 0 Å². The lowest BCUT2D eigenvalue weighted by Crippen LogP contribution is -2.44. The maximum atomic E-state index is 13.3. The minimum atomic E-state index is -4.26. The van der Waals surface area contributed by atoms with Crippen LogP contribution in [-0.4, -0.2) is 38.7 Å². The van der Waals surface area contributed by atoms with Crippen molar-refractivity contribution in [1.29, 1.82) is 0 Å². The number of carbonyl (C=O) groups is 3. The van der Waals surface area contributed by atoms with E-state index >= 15 is 0 Å². The fourth-order valence-corrected chi connectivity index (χ4v) is 4.52. The normalized spacial score (nSPS) is 18.2. The van der Waals surface area contributed by atoms with E-state index in [9.17, 15) is 22.8 Å². The van der Waals surface area contributed by atoms with Gasteiger partial charge in [0.2, 0.25) is 0 Å². The maximum Gasteiger partial charge on any atom is 0.322 e. The summed E-state index contributed by atoms with van der Waals surface area (Å²) in [7, 11) is -4.26. The van der Waals surface area contributed by atoms with Gasteiger partial charge in [-0.1, -0.05) is 55.1 Å². The Labute approximate surface area is 193 Å². The van der Waals surface area contributed by atoms with Crippen molar-refractivity contribution < 1.29 is 31.7 Å². The third-order valence-corrected chi connectivity index (χ3v) is 6.88. The van der Waals surface area contributed by atoms with Gasteiger partial charge in [0.05, 0.1) is 11.5 Å². The van der Waals surface area contributed by atoms with E-state index < -0.39 is 40.0 Å². The smallest absolute Gasteiger partial charge is 0.322 e. The Balaban J connectivity index is 1.85. The van der Waals surface area contributed by atoms with E-state index in [4.69, 9.17) is 8.92 Å². The molecule has 0 aromatic heterocycles. The second-order valence-corrected chi connectivity index (χ2v) is 9.79. The molecular formula is C25H26O7S. The third kappa shape index (κ3) is 5.83. The molecule has 0 N–H and O–H groups in total. The van der Waals surface area contributed by atoms with Gasteiger partial charge in [0.25, 0.3) is 10.1 Å². The van der Waals surface area contributed by atoms with Crippen LogP contribution in [0.25, 0.3) is 6.08 Å². The third-order valence-electron chi connectivity index (χ3n) is 5.61. The zero-order chi connectivity index (χ0) is 24.1. The Morgan fingerprint density at radius 1 is 1.12 bits per heavy atom. The summed E-state index contributed by atoms with van der Waals surface area (Å²) in [6.45, 7) is 4.17. The second kappa shape index (κ2) is 10.2. The SMILES string of the molecule is C=Cc1ccc(S(=O)(=O)OCC(C)(C(=O)OC2CCCC(=O)C2)C(=O)c2ccccc2)cc1. The molecule has 0 bridgehead atoms. The van der Waals surface area contributed by atoms with Crippen LogP contribution >= 0.6 is 0 Å². The summed E-state index contributed by atoms with van der Waals surface area (Å²) in [5.74, 6) is -1.57. The molecule has 2 aromatic rings. The number of esters is 1. The van der Waals surface area contributed by atoms with Crippen molar-refractivity contribution in [1.82, 2.24) is 0 Å². The van der Waals surface area contributed by atoms with E-state index in [0.717, 1.165) is 5.56 Å². The molecule has 2 unspecified atom stereocenters. The van der Waals surface area contributed by atoms with Crippen molar-refractivity contribution in [2.24, 2.45) is 5.41 Å². The zero-order valence-electron chi connectivity index (χ0n) is 18.4. The van der Waals surface area contributed by atoms with Gasteiger partial charge in [-0.05, 0) is 37.5 Å². The number of Topliss-reactive ketones (excluding diaryl/α,β-unsaturated/α-hetero) is 2. The van der Waals surface area contributed by atoms with Gasteiger partial charge in [0.15, 0.2) is 11.2 Å². The number of ketones is 2. The van der Waals surface area contributed by atoms with E-state index in [1.807, 2.05) is 0 Å². The summed E-state index contributed by atoms with van der Waals surface area (Å²) in [5.41, 5.74) is -0.993. The lowest BCUT2D eigenvalue weighted by atomic mass is 9.82. The highest BCUT2D eigenvalue weighted by Gasteiger charge is 2.46. The van der Waals surface area contributed by atoms with Crippen molar-refractivity contribution in [3.63, 3.8) is 0 Å². The molecule has 3 rings (SSSR count). The monoisotopic (exact) mass is 470 g/mol. The molecule has 1 aliphatic rings. The van der Waals surface area contributed by atoms with E-state index in [1.165, 1.54) is 31.2 Å². The molecule has 174 valence electrons. The molecule has 0 spiro atoms. The Bertz CT molecular complexity index is 1140. The molecule has 2 atom stereocenters. The van der Waals surface area contributed by atoms with Gasteiger partial charge in [-0.25, -0.2) is 0 Å². The molecule has 0 radical (unpaired) electrons. The van der Waals surface area contributed by atoms with Gasteiger partial charge in [-0.3, -0.25) is 18.6 Å². The number of ether oxygens (including phenoxy) is 1. The molecule has 1 aliphatic carbocycles. The van der Waals surface area contributed by atoms with Crippen LogP contribution in [0.15, 0.2) is 66.1 Å². The molecule has 2 aromatic carbocycles. The number of hydrogen-bond acceptors (Lipinski definition) is 7. The fourth-order valence-electron chi connectivity index (χ4n) is 3.53. The van der Waals surface area contributed by atoms with Gasteiger partial charge in [-0.15, -0.1) is 0 Å². The molecule has 0 aliphatic heterocycles. The Morgan fingerprint density at radius 3 is 2.39 bits per heavy atom. The minimum Gasteiger partial charge on any atom is -0.461 e. The predicted molar refractivity (Wildman–Crippen MR) is 122 cm³/mol. The Hall–Kier alpha value is -3.10. The summed E-state index contributed by atoms with van der Waals surface area (Å²) in [4.78, 5) is 38.1. The molecule has 8 heteroatoms. The standard InChI is InChI=1S/C25H26O7S/c1-3-18-12-14-22(15-13-18)33(29,30)31-17-25(2,23(27)19-8-5-4-6-9-19)24(28)32-21-11-7-10-20(26)16-21/h3-6,8-9,12-15,21H,1,7,10-11,16-17H2,2H3. The van der Waals surface area contributed by atoms with Crippen LogP contribution in [0.1, 0.15) is 48.5 Å². The van der Waals surface area contributed by atoms with E-state index in [2.05, 4.69) is 6.58 Å². The van der Waals surface area contributed by atoms with Gasteiger partial charge in [-0.2, -0.15) is 8.42 Å². The Morgan fingerprint density at radius 2 is 1.79 bits per heavy atom. The van der Waals surface area contributed by atoms with Crippen molar-refractivity contribution in [2.75, 3.05) is 6.61 Å². The molecule has 0 heterocycles. The zero-order valence-corrected chi connectivity index (χ0v) is 19.2. The van der Waals surface area contributed by atoms with Gasteiger partial charge in [0, 0.05) is 18.4 Å². The number of benzene rings is 2. The molecule has 0 amide bonds. The van der Waals surface area contributed by atoms with Crippen molar-refractivity contribution in [2.45, 2.75) is 43.6 Å². The lowest BCUT2D eigenvalue weighted by Gasteiger charge is -2.29. The van der Waals surface area contributed by atoms with Crippen LogP contribution in [0.2, 0.25) is 0 Å². The number of carbonyl (C=O) groups excluding carboxylic acids is 3. The topological polar surface area (TPSA) is 104 Å². The summed E-state index contributed by atoms with van der Waals surface area (Å²) < 4.78 is 36.2. The van der Waals surface area contributed by atoms with Crippen molar-refractivity contribution in [3.05, 3.63) is 72.3 Å². The van der Waals surface area contributed by atoms with Crippen LogP contribution in [0.5, 0.6) is 0 Å². The van der Waals surface area contributed by atoms with Crippen LogP contribution in [0.4, 0.5) is 0 Å². The summed E-state index contributed by atoms with van der Waals surface area (Å²) in [6.07, 6.45) is 2.52. The largest absolute Gasteiger partial charge is 0.461 e. The first kappa shape index (κ1) is 24.5. The predicted octanol–water partition coefficient (Wildman–Crippen LogP) is 3.98. The molecular weight excluding hydrogens is 444 g/mol. The first-order valence-corrected chi connectivity index (χ1v) is 12.0. The number of hydrogen-bond donors (Lipinski definition) is 0. The molecule has 0 saturated heterocycles. The average molecular weight is 471 g/mol. The summed E-state index contributed by atoms with van der Waals surface area (Å²) in [6, 6.07) is 13.9. The van der Waals surface area contributed by atoms with Gasteiger partial charge in [0.1, 0.15) is 11.9 Å². The Kier molecular flexibility index (Phi) is 7.61. The van der Waals surface area contributed by atoms with Crippen LogP contribution in [-0.2, 0) is 28.6 Å². The van der Waals surface area contributed by atoms with E-state index in [-0.39, 0.29) is 22.7 Å². The highest BCUT2D eigenvalue weighted by Crippen LogP contribution is 2.30.